The third-order valence-electron chi connectivity index (χ3n) is 2.05. The number of hydrogen-bond donors (Lipinski definition) is 1. The van der Waals surface area contributed by atoms with Gasteiger partial charge in [-0.05, 0) is 30.4 Å². The van der Waals surface area contributed by atoms with Crippen molar-refractivity contribution in [2.24, 2.45) is 0 Å². The Hall–Kier alpha value is -0.253. The lowest BCUT2D eigenvalue weighted by atomic mass is 10.4. The summed E-state index contributed by atoms with van der Waals surface area (Å²) in [5.74, 6) is 0. The molecule has 12 heavy (non-hydrogen) atoms. The Bertz CT molecular complexity index is 273. The van der Waals surface area contributed by atoms with Crippen molar-refractivity contribution in [3.05, 3.63) is 24.3 Å². The molecule has 1 nitrogen and oxygen atoms in total. The van der Waals surface area contributed by atoms with Gasteiger partial charge in [0, 0.05) is 12.0 Å². The Morgan fingerprint density at radius 1 is 1.33 bits per heavy atom. The van der Waals surface area contributed by atoms with E-state index in [0.717, 1.165) is 4.90 Å². The highest BCUT2D eigenvalue weighted by Gasteiger charge is 2.23. The van der Waals surface area contributed by atoms with Crippen molar-refractivity contribution < 1.29 is 4.43 Å². The number of thiol groups is 1. The largest absolute Gasteiger partial charge is 0.416 e. The molecular weight excluding hydrogens is 184 g/mol. The molecule has 0 heterocycles. The van der Waals surface area contributed by atoms with Crippen LogP contribution < -0.4 is 5.19 Å². The van der Waals surface area contributed by atoms with Crippen LogP contribution >= 0.6 is 12.6 Å². The molecule has 0 N–H and O–H groups in total. The predicted octanol–water partition coefficient (Wildman–Crippen LogP) is 2.03. The van der Waals surface area contributed by atoms with E-state index in [1.165, 1.54) is 5.19 Å². The fourth-order valence-corrected chi connectivity index (χ4v) is 2.58. The van der Waals surface area contributed by atoms with Crippen LogP contribution in [0.1, 0.15) is 0 Å². The Morgan fingerprint density at radius 2 is 2.00 bits per heavy atom. The van der Waals surface area contributed by atoms with Crippen LogP contribution in [0.5, 0.6) is 0 Å². The van der Waals surface area contributed by atoms with E-state index in [4.69, 9.17) is 4.43 Å². The maximum absolute atomic E-state index is 5.48. The molecule has 0 saturated carbocycles. The molecular formula is C9H14OSSi. The molecule has 0 aliphatic rings. The van der Waals surface area contributed by atoms with Crippen molar-refractivity contribution >= 4 is 26.1 Å². The van der Waals surface area contributed by atoms with Crippen LogP contribution in [0.2, 0.25) is 13.1 Å². The zero-order valence-electron chi connectivity index (χ0n) is 7.66. The van der Waals surface area contributed by atoms with E-state index in [2.05, 4.69) is 37.9 Å². The summed E-state index contributed by atoms with van der Waals surface area (Å²) in [4.78, 5) is 1.00. The van der Waals surface area contributed by atoms with Crippen LogP contribution in [0.3, 0.4) is 0 Å². The smallest absolute Gasteiger partial charge is 0.217 e. The Labute approximate surface area is 80.3 Å². The zero-order valence-corrected chi connectivity index (χ0v) is 9.56. The van der Waals surface area contributed by atoms with Gasteiger partial charge in [-0.25, -0.2) is 0 Å². The van der Waals surface area contributed by atoms with Crippen molar-refractivity contribution in [1.29, 1.82) is 0 Å². The van der Waals surface area contributed by atoms with Gasteiger partial charge in [-0.2, -0.15) is 0 Å². The second-order valence-corrected chi connectivity index (χ2v) is 7.79. The van der Waals surface area contributed by atoms with Crippen molar-refractivity contribution in [1.82, 2.24) is 0 Å². The van der Waals surface area contributed by atoms with Crippen molar-refractivity contribution in [3.63, 3.8) is 0 Å². The highest BCUT2D eigenvalue weighted by Crippen LogP contribution is 2.08. The first-order valence-corrected chi connectivity index (χ1v) is 7.26. The third kappa shape index (κ3) is 2.12. The van der Waals surface area contributed by atoms with Gasteiger partial charge in [0.15, 0.2) is 0 Å². The highest BCUT2D eigenvalue weighted by molar-refractivity contribution is 7.80. The van der Waals surface area contributed by atoms with Gasteiger partial charge in [0.1, 0.15) is 0 Å². The van der Waals surface area contributed by atoms with Gasteiger partial charge in [-0.15, -0.1) is 12.6 Å². The van der Waals surface area contributed by atoms with Gasteiger partial charge in [0.05, 0.1) is 0 Å². The molecule has 3 heteroatoms. The first kappa shape index (κ1) is 9.83. The second-order valence-electron chi connectivity index (χ2n) is 3.26. The lowest BCUT2D eigenvalue weighted by molar-refractivity contribution is 0.416. The molecule has 0 unspecified atom stereocenters. The fourth-order valence-electron chi connectivity index (χ4n) is 0.998. The molecule has 66 valence electrons. The average molecular weight is 198 g/mol. The first-order valence-electron chi connectivity index (χ1n) is 3.91. The number of benzene rings is 1. The average Bonchev–Trinajstić information content (AvgIpc) is 2.05. The number of hydrogen-bond acceptors (Lipinski definition) is 2. The second kappa shape index (κ2) is 3.64. The summed E-state index contributed by atoms with van der Waals surface area (Å²) in [7, 11) is 0.142. The summed E-state index contributed by atoms with van der Waals surface area (Å²) in [6, 6.07) is 8.19. The Balaban J connectivity index is 3.03. The molecule has 0 atom stereocenters. The van der Waals surface area contributed by atoms with Crippen LogP contribution in [-0.4, -0.2) is 15.4 Å². The molecule has 0 spiro atoms. The molecule has 0 aliphatic heterocycles. The fraction of sp³-hybridized carbons (Fsp3) is 0.333. The van der Waals surface area contributed by atoms with E-state index in [-0.39, 0.29) is 0 Å². The van der Waals surface area contributed by atoms with Gasteiger partial charge < -0.3 is 4.43 Å². The molecule has 1 aromatic rings. The monoisotopic (exact) mass is 198 g/mol. The molecule has 0 saturated heterocycles. The van der Waals surface area contributed by atoms with E-state index in [1.807, 2.05) is 12.1 Å². The summed E-state index contributed by atoms with van der Waals surface area (Å²) in [6.45, 7) is 4.35. The van der Waals surface area contributed by atoms with Crippen molar-refractivity contribution in [2.75, 3.05) is 7.11 Å². The van der Waals surface area contributed by atoms with E-state index < -0.39 is 8.32 Å². The maximum atomic E-state index is 5.48. The Morgan fingerprint density at radius 3 is 2.50 bits per heavy atom. The first-order chi connectivity index (χ1) is 5.56. The van der Waals surface area contributed by atoms with Crippen LogP contribution in [0.4, 0.5) is 0 Å². The van der Waals surface area contributed by atoms with Crippen LogP contribution in [0, 0.1) is 0 Å². The predicted molar refractivity (Wildman–Crippen MR) is 57.8 cm³/mol. The van der Waals surface area contributed by atoms with E-state index in [1.54, 1.807) is 7.11 Å². The van der Waals surface area contributed by atoms with Crippen molar-refractivity contribution in [3.8, 4) is 0 Å². The van der Waals surface area contributed by atoms with Crippen LogP contribution in [0.15, 0.2) is 29.2 Å². The van der Waals surface area contributed by atoms with Gasteiger partial charge in [-0.1, -0.05) is 12.1 Å². The van der Waals surface area contributed by atoms with E-state index in [0.29, 0.717) is 0 Å². The summed E-state index contributed by atoms with van der Waals surface area (Å²) in [5, 5.41) is 1.29. The quantitative estimate of drug-likeness (QED) is 0.565. The molecule has 0 aliphatic carbocycles. The maximum Gasteiger partial charge on any atom is 0.217 e. The topological polar surface area (TPSA) is 9.23 Å². The molecule has 0 bridgehead atoms. The van der Waals surface area contributed by atoms with E-state index >= 15 is 0 Å². The molecule has 1 rings (SSSR count). The van der Waals surface area contributed by atoms with Crippen LogP contribution in [-0.2, 0) is 4.43 Å². The summed E-state index contributed by atoms with van der Waals surface area (Å²) < 4.78 is 5.48. The molecule has 1 aromatic carbocycles. The lowest BCUT2D eigenvalue weighted by Crippen LogP contribution is -2.43. The van der Waals surface area contributed by atoms with Crippen molar-refractivity contribution in [2.45, 2.75) is 18.0 Å². The number of rotatable bonds is 2. The van der Waals surface area contributed by atoms with Crippen LogP contribution in [0.25, 0.3) is 0 Å². The third-order valence-corrected chi connectivity index (χ3v) is 5.05. The van der Waals surface area contributed by atoms with Gasteiger partial charge in [0.2, 0.25) is 8.32 Å². The normalized spacial score (nSPS) is 11.7. The molecule has 0 aromatic heterocycles. The minimum absolute atomic E-state index is 1.00. The lowest BCUT2D eigenvalue weighted by Gasteiger charge is -2.20. The van der Waals surface area contributed by atoms with Gasteiger partial charge in [-0.3, -0.25) is 0 Å². The minimum atomic E-state index is -1.63. The minimum Gasteiger partial charge on any atom is -0.416 e. The summed E-state index contributed by atoms with van der Waals surface area (Å²) >= 11 is 4.29. The summed E-state index contributed by atoms with van der Waals surface area (Å²) in [6.07, 6.45) is 0. The Kier molecular flexibility index (Phi) is 2.98. The standard InChI is InChI=1S/C9H14OSSi/c1-10-12(2,3)9-6-4-5-8(11)7-9/h4-7,11H,1-3H3. The zero-order chi connectivity index (χ0) is 9.19. The summed E-state index contributed by atoms with van der Waals surface area (Å²) in [5.41, 5.74) is 0. The van der Waals surface area contributed by atoms with Gasteiger partial charge in [0.25, 0.3) is 0 Å². The molecule has 0 radical (unpaired) electrons. The molecule has 0 amide bonds. The molecule has 0 fully saturated rings. The highest BCUT2D eigenvalue weighted by atomic mass is 32.1. The van der Waals surface area contributed by atoms with E-state index in [9.17, 15) is 0 Å². The SMILES string of the molecule is CO[Si](C)(C)c1cccc(S)c1. The van der Waals surface area contributed by atoms with Gasteiger partial charge >= 0.3 is 0 Å².